The minimum Gasteiger partial charge on any atom is -0.464 e. The molecule has 0 spiro atoms. The third kappa shape index (κ3) is 3.72. The van der Waals surface area contributed by atoms with Gasteiger partial charge >= 0.3 is 5.97 Å². The van der Waals surface area contributed by atoms with Crippen LogP contribution in [-0.4, -0.2) is 25.0 Å². The van der Waals surface area contributed by atoms with E-state index < -0.39 is 12.1 Å². The van der Waals surface area contributed by atoms with E-state index in [1.807, 2.05) is 66.7 Å². The molecule has 1 heterocycles. The number of hydrogen-bond acceptors (Lipinski definition) is 4. The number of carbonyl (C=O) groups is 2. The van der Waals surface area contributed by atoms with E-state index in [-0.39, 0.29) is 12.3 Å². The number of para-hydroxylation sites is 1. The van der Waals surface area contributed by atoms with Crippen molar-refractivity contribution in [3.63, 3.8) is 0 Å². The Morgan fingerprint density at radius 3 is 2.52 bits per heavy atom. The van der Waals surface area contributed by atoms with Gasteiger partial charge in [-0.05, 0) is 35.9 Å². The molecule has 0 aliphatic carbocycles. The molecule has 1 atom stereocenters. The Hall–Kier alpha value is -3.60. The Labute approximate surface area is 168 Å². The average molecular weight is 387 g/mol. The summed E-state index contributed by atoms with van der Waals surface area (Å²) in [5.41, 5.74) is 2.21. The fraction of sp³-hybridized carbons (Fsp3) is 0.167. The Balaban J connectivity index is 1.50. The Bertz CT molecular complexity index is 1180. The second-order valence-corrected chi connectivity index (χ2v) is 6.96. The van der Waals surface area contributed by atoms with E-state index in [2.05, 4.69) is 0 Å². The summed E-state index contributed by atoms with van der Waals surface area (Å²) in [6, 6.07) is 21.1. The van der Waals surface area contributed by atoms with Crippen LogP contribution in [0.4, 0.5) is 5.69 Å². The van der Waals surface area contributed by atoms with Crippen LogP contribution in [0.1, 0.15) is 12.5 Å². The molecule has 3 aromatic carbocycles. The number of hydrogen-bond donors (Lipinski definition) is 0. The highest BCUT2D eigenvalue weighted by molar-refractivity contribution is 6.08. The molecule has 1 unspecified atom stereocenters. The largest absolute Gasteiger partial charge is 0.464 e. The molecule has 4 rings (SSSR count). The van der Waals surface area contributed by atoms with Gasteiger partial charge in [0.1, 0.15) is 5.58 Å². The van der Waals surface area contributed by atoms with Gasteiger partial charge in [-0.25, -0.2) is 0 Å². The summed E-state index contributed by atoms with van der Waals surface area (Å²) >= 11 is 0. The van der Waals surface area contributed by atoms with E-state index in [1.54, 1.807) is 20.2 Å². The van der Waals surface area contributed by atoms with Gasteiger partial charge in [-0.2, -0.15) is 0 Å². The van der Waals surface area contributed by atoms with Gasteiger partial charge in [0.15, 0.2) is 6.10 Å². The van der Waals surface area contributed by atoms with Crippen LogP contribution in [0.3, 0.4) is 0 Å². The Morgan fingerprint density at radius 1 is 1.00 bits per heavy atom. The Kier molecular flexibility index (Phi) is 5.04. The SMILES string of the molecule is CC(OC(=O)Cc1coc2ccc3ccccc3c12)C(=O)N(C)c1ccccc1. The summed E-state index contributed by atoms with van der Waals surface area (Å²) in [5.74, 6) is -0.755. The lowest BCUT2D eigenvalue weighted by Gasteiger charge is -2.21. The number of rotatable bonds is 5. The number of benzene rings is 3. The number of anilines is 1. The summed E-state index contributed by atoms with van der Waals surface area (Å²) in [7, 11) is 1.66. The molecule has 0 saturated carbocycles. The van der Waals surface area contributed by atoms with Crippen molar-refractivity contribution in [2.24, 2.45) is 0 Å². The minimum atomic E-state index is -0.886. The monoisotopic (exact) mass is 387 g/mol. The number of fused-ring (bicyclic) bond motifs is 3. The van der Waals surface area contributed by atoms with Gasteiger partial charge in [0.25, 0.3) is 5.91 Å². The van der Waals surface area contributed by atoms with Crippen LogP contribution in [0.5, 0.6) is 0 Å². The summed E-state index contributed by atoms with van der Waals surface area (Å²) < 4.78 is 11.0. The molecule has 1 aromatic heterocycles. The molecule has 0 aliphatic rings. The van der Waals surface area contributed by atoms with Crippen molar-refractivity contribution in [3.8, 4) is 0 Å². The highest BCUT2D eigenvalue weighted by Crippen LogP contribution is 2.30. The van der Waals surface area contributed by atoms with Crippen molar-refractivity contribution in [1.82, 2.24) is 0 Å². The molecule has 0 bridgehead atoms. The molecule has 0 N–H and O–H groups in total. The second kappa shape index (κ2) is 7.80. The van der Waals surface area contributed by atoms with Gasteiger partial charge < -0.3 is 14.1 Å². The van der Waals surface area contributed by atoms with Crippen LogP contribution < -0.4 is 4.90 Å². The van der Waals surface area contributed by atoms with E-state index >= 15 is 0 Å². The van der Waals surface area contributed by atoms with Crippen LogP contribution in [0, 0.1) is 0 Å². The first-order valence-corrected chi connectivity index (χ1v) is 9.44. The number of esters is 1. The average Bonchev–Trinajstić information content (AvgIpc) is 3.16. The molecule has 0 fully saturated rings. The fourth-order valence-corrected chi connectivity index (χ4v) is 3.50. The highest BCUT2D eigenvalue weighted by atomic mass is 16.5. The van der Waals surface area contributed by atoms with Crippen LogP contribution in [0.2, 0.25) is 0 Å². The van der Waals surface area contributed by atoms with Gasteiger partial charge in [-0.3, -0.25) is 9.59 Å². The zero-order valence-electron chi connectivity index (χ0n) is 16.3. The van der Waals surface area contributed by atoms with Crippen LogP contribution in [-0.2, 0) is 20.7 Å². The van der Waals surface area contributed by atoms with E-state index in [0.29, 0.717) is 0 Å². The normalized spacial score (nSPS) is 12.1. The van der Waals surface area contributed by atoms with E-state index in [4.69, 9.17) is 9.15 Å². The number of ether oxygens (including phenoxy) is 1. The molecule has 146 valence electrons. The quantitative estimate of drug-likeness (QED) is 0.465. The van der Waals surface area contributed by atoms with Crippen molar-refractivity contribution >= 4 is 39.3 Å². The van der Waals surface area contributed by atoms with E-state index in [0.717, 1.165) is 33.0 Å². The van der Waals surface area contributed by atoms with Crippen molar-refractivity contribution < 1.29 is 18.7 Å². The minimum absolute atomic E-state index is 0.0354. The number of carbonyl (C=O) groups excluding carboxylic acids is 2. The van der Waals surface area contributed by atoms with Gasteiger partial charge in [-0.15, -0.1) is 0 Å². The second-order valence-electron chi connectivity index (χ2n) is 6.96. The van der Waals surface area contributed by atoms with Crippen molar-refractivity contribution in [2.75, 3.05) is 11.9 Å². The zero-order chi connectivity index (χ0) is 20.4. The maximum Gasteiger partial charge on any atom is 0.311 e. The molecule has 1 amide bonds. The highest BCUT2D eigenvalue weighted by Gasteiger charge is 2.23. The molecule has 0 radical (unpaired) electrons. The van der Waals surface area contributed by atoms with E-state index in [1.165, 1.54) is 4.90 Å². The number of likely N-dealkylation sites (N-methyl/N-ethyl adjacent to an activating group) is 1. The molecular formula is C24H21NO4. The number of amides is 1. The molecule has 5 heteroatoms. The first-order chi connectivity index (χ1) is 14.0. The summed E-state index contributed by atoms with van der Waals surface area (Å²) in [5, 5.41) is 3.00. The summed E-state index contributed by atoms with van der Waals surface area (Å²) in [6.45, 7) is 1.59. The van der Waals surface area contributed by atoms with Gasteiger partial charge in [-0.1, -0.05) is 48.5 Å². The molecule has 5 nitrogen and oxygen atoms in total. The van der Waals surface area contributed by atoms with E-state index in [9.17, 15) is 9.59 Å². The molecule has 0 saturated heterocycles. The summed E-state index contributed by atoms with van der Waals surface area (Å²) in [4.78, 5) is 26.6. The predicted octanol–water partition coefficient (Wildman–Crippen LogP) is 4.72. The lowest BCUT2D eigenvalue weighted by Crippen LogP contribution is -2.37. The topological polar surface area (TPSA) is 59.8 Å². The molecule has 4 aromatic rings. The molecule has 29 heavy (non-hydrogen) atoms. The van der Waals surface area contributed by atoms with Crippen LogP contribution in [0.15, 0.2) is 77.4 Å². The van der Waals surface area contributed by atoms with Crippen LogP contribution in [0.25, 0.3) is 21.7 Å². The summed E-state index contributed by atoms with van der Waals surface area (Å²) in [6.07, 6.45) is 0.733. The zero-order valence-corrected chi connectivity index (χ0v) is 16.3. The fourth-order valence-electron chi connectivity index (χ4n) is 3.50. The van der Waals surface area contributed by atoms with Gasteiger partial charge in [0.05, 0.1) is 12.7 Å². The maximum atomic E-state index is 12.6. The lowest BCUT2D eigenvalue weighted by atomic mass is 10.0. The van der Waals surface area contributed by atoms with Crippen LogP contribution >= 0.6 is 0 Å². The predicted molar refractivity (Wildman–Crippen MR) is 113 cm³/mol. The van der Waals surface area contributed by atoms with Gasteiger partial charge in [0.2, 0.25) is 0 Å². The lowest BCUT2D eigenvalue weighted by molar-refractivity contribution is -0.153. The standard InChI is InChI=1S/C24H21NO4/c1-16(24(27)25(2)19-9-4-3-5-10-19)29-22(26)14-18-15-28-21-13-12-17-8-6-7-11-20(17)23(18)21/h3-13,15-16H,14H2,1-2H3. The third-order valence-electron chi connectivity index (χ3n) is 5.00. The first-order valence-electron chi connectivity index (χ1n) is 9.44. The number of furan rings is 1. The molecule has 0 aliphatic heterocycles. The molecular weight excluding hydrogens is 366 g/mol. The number of nitrogens with zero attached hydrogens (tertiary/aromatic N) is 1. The maximum absolute atomic E-state index is 12.6. The Morgan fingerprint density at radius 2 is 1.72 bits per heavy atom. The van der Waals surface area contributed by atoms with Crippen molar-refractivity contribution in [3.05, 3.63) is 78.6 Å². The first kappa shape index (κ1) is 18.7. The van der Waals surface area contributed by atoms with Crippen molar-refractivity contribution in [1.29, 1.82) is 0 Å². The van der Waals surface area contributed by atoms with Crippen molar-refractivity contribution in [2.45, 2.75) is 19.4 Å². The van der Waals surface area contributed by atoms with Gasteiger partial charge in [0, 0.05) is 23.7 Å². The third-order valence-corrected chi connectivity index (χ3v) is 5.00. The smallest absolute Gasteiger partial charge is 0.311 e.